The Labute approximate surface area is 117 Å². The van der Waals surface area contributed by atoms with Crippen LogP contribution in [0.2, 0.25) is 0 Å². The number of hydrogen-bond acceptors (Lipinski definition) is 2. The second-order valence-electron chi connectivity index (χ2n) is 5.32. The van der Waals surface area contributed by atoms with Crippen LogP contribution in [0.15, 0.2) is 22.7 Å². The Bertz CT molecular complexity index is 438. The number of halogens is 1. The van der Waals surface area contributed by atoms with Crippen LogP contribution in [0.5, 0.6) is 0 Å². The molecule has 0 saturated heterocycles. The summed E-state index contributed by atoms with van der Waals surface area (Å²) in [6.45, 7) is 9.51. The van der Waals surface area contributed by atoms with Crippen molar-refractivity contribution in [2.45, 2.75) is 46.3 Å². The van der Waals surface area contributed by atoms with Gasteiger partial charge in [0.1, 0.15) is 5.60 Å². The quantitative estimate of drug-likeness (QED) is 0.881. The van der Waals surface area contributed by atoms with Gasteiger partial charge in [0, 0.05) is 4.47 Å². The molecular formula is C14H20BrNO2. The Hall–Kier alpha value is -1.03. The zero-order valence-electron chi connectivity index (χ0n) is 11.5. The molecule has 1 amide bonds. The molecule has 18 heavy (non-hydrogen) atoms. The van der Waals surface area contributed by atoms with Gasteiger partial charge >= 0.3 is 6.09 Å². The van der Waals surface area contributed by atoms with Crippen LogP contribution < -0.4 is 5.32 Å². The number of benzene rings is 1. The Morgan fingerprint density at radius 1 is 1.39 bits per heavy atom. The first kappa shape index (κ1) is 15.0. The van der Waals surface area contributed by atoms with E-state index in [4.69, 9.17) is 4.74 Å². The first-order chi connectivity index (χ1) is 8.20. The molecule has 3 nitrogen and oxygen atoms in total. The van der Waals surface area contributed by atoms with Gasteiger partial charge in [0.2, 0.25) is 0 Å². The van der Waals surface area contributed by atoms with Crippen molar-refractivity contribution in [1.82, 2.24) is 5.32 Å². The van der Waals surface area contributed by atoms with E-state index in [1.54, 1.807) is 0 Å². The molecule has 1 N–H and O–H groups in total. The summed E-state index contributed by atoms with van der Waals surface area (Å²) in [6.07, 6.45) is -0.394. The number of rotatable bonds is 2. The SMILES string of the molecule is Cc1c(Br)cccc1C(C)NC(=O)OC(C)(C)C. The lowest BCUT2D eigenvalue weighted by molar-refractivity contribution is 0.0508. The van der Waals surface area contributed by atoms with Crippen molar-refractivity contribution >= 4 is 22.0 Å². The standard InChI is InChI=1S/C14H20BrNO2/c1-9-11(7-6-8-12(9)15)10(2)16-13(17)18-14(3,4)5/h6-8,10H,1-5H3,(H,16,17). The molecule has 1 atom stereocenters. The highest BCUT2D eigenvalue weighted by atomic mass is 79.9. The highest BCUT2D eigenvalue weighted by molar-refractivity contribution is 9.10. The molecule has 0 spiro atoms. The van der Waals surface area contributed by atoms with Crippen LogP contribution in [0.4, 0.5) is 4.79 Å². The second-order valence-corrected chi connectivity index (χ2v) is 6.18. The first-order valence-electron chi connectivity index (χ1n) is 5.95. The van der Waals surface area contributed by atoms with Crippen LogP contribution in [0.1, 0.15) is 44.9 Å². The molecular weight excluding hydrogens is 294 g/mol. The van der Waals surface area contributed by atoms with Crippen molar-refractivity contribution in [2.24, 2.45) is 0 Å². The van der Waals surface area contributed by atoms with E-state index < -0.39 is 11.7 Å². The first-order valence-corrected chi connectivity index (χ1v) is 6.74. The molecule has 0 bridgehead atoms. The van der Waals surface area contributed by atoms with E-state index in [9.17, 15) is 4.79 Å². The summed E-state index contributed by atoms with van der Waals surface area (Å²) >= 11 is 3.49. The molecule has 1 rings (SSSR count). The zero-order chi connectivity index (χ0) is 13.9. The molecule has 0 aliphatic heterocycles. The average Bonchev–Trinajstić information content (AvgIpc) is 2.18. The third-order valence-corrected chi connectivity index (χ3v) is 3.37. The number of carbonyl (C=O) groups is 1. The predicted molar refractivity (Wildman–Crippen MR) is 76.7 cm³/mol. The molecule has 0 radical (unpaired) electrons. The number of carbonyl (C=O) groups excluding carboxylic acids is 1. The Morgan fingerprint density at radius 3 is 2.56 bits per heavy atom. The molecule has 4 heteroatoms. The maximum atomic E-state index is 11.7. The van der Waals surface area contributed by atoms with E-state index in [-0.39, 0.29) is 6.04 Å². The van der Waals surface area contributed by atoms with E-state index in [1.165, 1.54) is 0 Å². The van der Waals surface area contributed by atoms with Gasteiger partial charge in [-0.3, -0.25) is 0 Å². The smallest absolute Gasteiger partial charge is 0.408 e. The maximum absolute atomic E-state index is 11.7. The predicted octanol–water partition coefficient (Wildman–Crippen LogP) is 4.34. The van der Waals surface area contributed by atoms with Gasteiger partial charge in [0.05, 0.1) is 6.04 Å². The summed E-state index contributed by atoms with van der Waals surface area (Å²) in [5, 5.41) is 2.84. The van der Waals surface area contributed by atoms with Gasteiger partial charge in [-0.15, -0.1) is 0 Å². The molecule has 100 valence electrons. The minimum absolute atomic E-state index is 0.0858. The number of alkyl carbamates (subject to hydrolysis) is 1. The molecule has 0 aromatic heterocycles. The normalized spacial score (nSPS) is 13.0. The van der Waals surface area contributed by atoms with Gasteiger partial charge in [-0.2, -0.15) is 0 Å². The summed E-state index contributed by atoms with van der Waals surface area (Å²) in [4.78, 5) is 11.7. The van der Waals surface area contributed by atoms with Crippen molar-refractivity contribution in [2.75, 3.05) is 0 Å². The average molecular weight is 314 g/mol. The van der Waals surface area contributed by atoms with Crippen LogP contribution in [0, 0.1) is 6.92 Å². The van der Waals surface area contributed by atoms with Gasteiger partial charge < -0.3 is 10.1 Å². The lowest BCUT2D eigenvalue weighted by atomic mass is 10.0. The number of nitrogens with one attached hydrogen (secondary N) is 1. The largest absolute Gasteiger partial charge is 0.444 e. The molecule has 1 aromatic carbocycles. The molecule has 0 aliphatic carbocycles. The summed E-state index contributed by atoms with van der Waals surface area (Å²) in [6, 6.07) is 5.86. The van der Waals surface area contributed by atoms with Gasteiger partial charge in [-0.25, -0.2) is 4.79 Å². The number of ether oxygens (including phenoxy) is 1. The van der Waals surface area contributed by atoms with Gasteiger partial charge in [-0.1, -0.05) is 28.1 Å². The van der Waals surface area contributed by atoms with Crippen molar-refractivity contribution in [1.29, 1.82) is 0 Å². The lowest BCUT2D eigenvalue weighted by Gasteiger charge is -2.23. The fraction of sp³-hybridized carbons (Fsp3) is 0.500. The molecule has 1 unspecified atom stereocenters. The summed E-state index contributed by atoms with van der Waals surface area (Å²) in [7, 11) is 0. The van der Waals surface area contributed by atoms with E-state index >= 15 is 0 Å². The van der Waals surface area contributed by atoms with Crippen molar-refractivity contribution in [3.8, 4) is 0 Å². The summed E-state index contributed by atoms with van der Waals surface area (Å²) in [5.74, 6) is 0. The third kappa shape index (κ3) is 4.33. The van der Waals surface area contributed by atoms with E-state index in [0.29, 0.717) is 0 Å². The highest BCUT2D eigenvalue weighted by Gasteiger charge is 2.19. The molecule has 0 saturated carbocycles. The Morgan fingerprint density at radius 2 is 2.00 bits per heavy atom. The van der Waals surface area contributed by atoms with Crippen molar-refractivity contribution < 1.29 is 9.53 Å². The monoisotopic (exact) mass is 313 g/mol. The zero-order valence-corrected chi connectivity index (χ0v) is 13.1. The van der Waals surface area contributed by atoms with Gasteiger partial charge in [0.15, 0.2) is 0 Å². The summed E-state index contributed by atoms with van der Waals surface area (Å²) < 4.78 is 6.28. The fourth-order valence-corrected chi connectivity index (χ4v) is 2.04. The van der Waals surface area contributed by atoms with Crippen LogP contribution in [0.3, 0.4) is 0 Å². The molecule has 0 fully saturated rings. The number of hydrogen-bond donors (Lipinski definition) is 1. The van der Waals surface area contributed by atoms with E-state index in [0.717, 1.165) is 15.6 Å². The maximum Gasteiger partial charge on any atom is 0.408 e. The van der Waals surface area contributed by atoms with Crippen molar-refractivity contribution in [3.05, 3.63) is 33.8 Å². The molecule has 0 heterocycles. The van der Waals surface area contributed by atoms with Crippen molar-refractivity contribution in [3.63, 3.8) is 0 Å². The topological polar surface area (TPSA) is 38.3 Å². The number of amides is 1. The minimum atomic E-state index is -0.476. The van der Waals surface area contributed by atoms with Crippen LogP contribution in [-0.2, 0) is 4.74 Å². The van der Waals surface area contributed by atoms with Gasteiger partial charge in [0.25, 0.3) is 0 Å². The Kier molecular flexibility index (Phi) is 4.79. The summed E-state index contributed by atoms with van der Waals surface area (Å²) in [5.41, 5.74) is 1.73. The van der Waals surface area contributed by atoms with Crippen LogP contribution in [-0.4, -0.2) is 11.7 Å². The van der Waals surface area contributed by atoms with Crippen LogP contribution in [0.25, 0.3) is 0 Å². The van der Waals surface area contributed by atoms with Gasteiger partial charge in [-0.05, 0) is 51.8 Å². The second kappa shape index (κ2) is 5.74. The van der Waals surface area contributed by atoms with Crippen LogP contribution >= 0.6 is 15.9 Å². The molecule has 0 aliphatic rings. The Balaban J connectivity index is 2.74. The minimum Gasteiger partial charge on any atom is -0.444 e. The molecule has 1 aromatic rings. The lowest BCUT2D eigenvalue weighted by Crippen LogP contribution is -2.34. The third-order valence-electron chi connectivity index (χ3n) is 2.51. The fourth-order valence-electron chi connectivity index (χ4n) is 1.66. The van der Waals surface area contributed by atoms with E-state index in [2.05, 4.69) is 21.2 Å². The highest BCUT2D eigenvalue weighted by Crippen LogP contribution is 2.24. The van der Waals surface area contributed by atoms with E-state index in [1.807, 2.05) is 52.8 Å².